The second-order valence-electron chi connectivity index (χ2n) is 6.68. The minimum Gasteiger partial charge on any atom is -0.454 e. The standard InChI is InChI=1S/C20H24N4O4/c1-13-10-17(14(2)23(13)8-5-9-27-4)18(25)12-28-20(26)16-6-7-19-22-21-15(3)24(19)11-16/h6-7,10-11H,5,8-9,12H2,1-4H3. The van der Waals surface area contributed by atoms with Crippen molar-refractivity contribution >= 4 is 17.4 Å². The molecule has 0 saturated carbocycles. The van der Waals surface area contributed by atoms with Crippen molar-refractivity contribution in [3.8, 4) is 0 Å². The minimum atomic E-state index is -0.558. The fourth-order valence-corrected chi connectivity index (χ4v) is 3.21. The molecule has 0 aliphatic rings. The predicted molar refractivity (Wildman–Crippen MR) is 103 cm³/mol. The van der Waals surface area contributed by atoms with Gasteiger partial charge in [-0.15, -0.1) is 10.2 Å². The molecule has 0 amide bonds. The van der Waals surface area contributed by atoms with Crippen molar-refractivity contribution in [1.82, 2.24) is 19.2 Å². The summed E-state index contributed by atoms with van der Waals surface area (Å²) in [6, 6.07) is 5.13. The molecule has 0 spiro atoms. The maximum Gasteiger partial charge on any atom is 0.340 e. The Morgan fingerprint density at radius 3 is 2.68 bits per heavy atom. The number of rotatable bonds is 8. The molecular formula is C20H24N4O4. The number of methoxy groups -OCH3 is 1. The first-order valence-corrected chi connectivity index (χ1v) is 9.09. The highest BCUT2D eigenvalue weighted by atomic mass is 16.5. The summed E-state index contributed by atoms with van der Waals surface area (Å²) in [5.74, 6) is -0.111. The molecule has 3 aromatic rings. The predicted octanol–water partition coefficient (Wildman–Crippen LogP) is 2.53. The Morgan fingerprint density at radius 2 is 1.93 bits per heavy atom. The molecule has 3 aromatic heterocycles. The van der Waals surface area contributed by atoms with Crippen LogP contribution < -0.4 is 0 Å². The van der Waals surface area contributed by atoms with Crippen LogP contribution in [0.15, 0.2) is 24.4 Å². The highest BCUT2D eigenvalue weighted by Gasteiger charge is 2.18. The molecule has 0 atom stereocenters. The molecule has 8 heteroatoms. The van der Waals surface area contributed by atoms with Crippen LogP contribution in [0.3, 0.4) is 0 Å². The Kier molecular flexibility index (Phi) is 5.89. The molecule has 0 aromatic carbocycles. The fraction of sp³-hybridized carbons (Fsp3) is 0.400. The van der Waals surface area contributed by atoms with Crippen molar-refractivity contribution in [2.75, 3.05) is 20.3 Å². The van der Waals surface area contributed by atoms with Gasteiger partial charge in [-0.25, -0.2) is 4.79 Å². The lowest BCUT2D eigenvalue weighted by Crippen LogP contribution is -2.15. The summed E-state index contributed by atoms with van der Waals surface area (Å²) in [4.78, 5) is 24.9. The Morgan fingerprint density at radius 1 is 1.14 bits per heavy atom. The number of aryl methyl sites for hydroxylation is 2. The first-order valence-electron chi connectivity index (χ1n) is 9.09. The number of aromatic nitrogens is 4. The van der Waals surface area contributed by atoms with Gasteiger partial charge in [-0.05, 0) is 45.4 Å². The normalized spacial score (nSPS) is 11.1. The number of ether oxygens (including phenoxy) is 2. The number of hydrogen-bond acceptors (Lipinski definition) is 6. The van der Waals surface area contributed by atoms with Gasteiger partial charge in [-0.2, -0.15) is 0 Å². The van der Waals surface area contributed by atoms with Crippen LogP contribution in [0.5, 0.6) is 0 Å². The number of carbonyl (C=O) groups excluding carboxylic acids is 2. The molecule has 0 unspecified atom stereocenters. The number of ketones is 1. The largest absolute Gasteiger partial charge is 0.454 e. The number of pyridine rings is 1. The van der Waals surface area contributed by atoms with Crippen molar-refractivity contribution in [3.63, 3.8) is 0 Å². The van der Waals surface area contributed by atoms with E-state index in [0.717, 1.165) is 24.4 Å². The first-order chi connectivity index (χ1) is 13.4. The highest BCUT2D eigenvalue weighted by Crippen LogP contribution is 2.17. The molecule has 8 nitrogen and oxygen atoms in total. The molecule has 148 valence electrons. The third-order valence-electron chi connectivity index (χ3n) is 4.75. The maximum atomic E-state index is 12.6. The second kappa shape index (κ2) is 8.35. The molecular weight excluding hydrogens is 360 g/mol. The van der Waals surface area contributed by atoms with E-state index < -0.39 is 5.97 Å². The zero-order chi connectivity index (χ0) is 20.3. The van der Waals surface area contributed by atoms with Crippen LogP contribution in [0.1, 0.15) is 44.3 Å². The summed E-state index contributed by atoms with van der Waals surface area (Å²) in [6.07, 6.45) is 2.47. The third-order valence-corrected chi connectivity index (χ3v) is 4.75. The number of fused-ring (bicyclic) bond motifs is 1. The third kappa shape index (κ3) is 3.96. The van der Waals surface area contributed by atoms with Crippen molar-refractivity contribution in [3.05, 3.63) is 52.7 Å². The molecule has 3 heterocycles. The van der Waals surface area contributed by atoms with E-state index in [1.54, 1.807) is 36.8 Å². The van der Waals surface area contributed by atoms with Gasteiger partial charge < -0.3 is 14.0 Å². The molecule has 3 rings (SSSR count). The van der Waals surface area contributed by atoms with Crippen LogP contribution in [-0.4, -0.2) is 51.2 Å². The zero-order valence-electron chi connectivity index (χ0n) is 16.6. The topological polar surface area (TPSA) is 87.7 Å². The van der Waals surface area contributed by atoms with E-state index in [4.69, 9.17) is 9.47 Å². The van der Waals surface area contributed by atoms with E-state index >= 15 is 0 Å². The lowest BCUT2D eigenvalue weighted by atomic mass is 10.1. The van der Waals surface area contributed by atoms with Crippen LogP contribution in [0, 0.1) is 20.8 Å². The van der Waals surface area contributed by atoms with Gasteiger partial charge in [0, 0.05) is 43.4 Å². The van der Waals surface area contributed by atoms with Crippen LogP contribution in [-0.2, 0) is 16.0 Å². The molecule has 28 heavy (non-hydrogen) atoms. The van der Waals surface area contributed by atoms with Crippen LogP contribution in [0.2, 0.25) is 0 Å². The lowest BCUT2D eigenvalue weighted by molar-refractivity contribution is 0.0474. The Hall–Kier alpha value is -3.00. The Labute approximate surface area is 163 Å². The van der Waals surface area contributed by atoms with E-state index in [9.17, 15) is 9.59 Å². The quantitative estimate of drug-likeness (QED) is 0.337. The highest BCUT2D eigenvalue weighted by molar-refractivity contribution is 6.00. The number of Topliss-reactive ketones (excluding diaryl/α,β-unsaturated/α-hetero) is 1. The average molecular weight is 384 g/mol. The Balaban J connectivity index is 1.66. The SMILES string of the molecule is COCCCn1c(C)cc(C(=O)COC(=O)c2ccc3nnc(C)n3c2)c1C. The summed E-state index contributed by atoms with van der Waals surface area (Å²) < 4.78 is 14.1. The van der Waals surface area contributed by atoms with Crippen molar-refractivity contribution in [1.29, 1.82) is 0 Å². The van der Waals surface area contributed by atoms with E-state index in [1.807, 2.05) is 19.9 Å². The van der Waals surface area contributed by atoms with E-state index in [1.165, 1.54) is 0 Å². The van der Waals surface area contributed by atoms with Gasteiger partial charge in [0.05, 0.1) is 5.56 Å². The van der Waals surface area contributed by atoms with E-state index in [2.05, 4.69) is 14.8 Å². The molecule has 0 radical (unpaired) electrons. The van der Waals surface area contributed by atoms with Gasteiger partial charge in [0.2, 0.25) is 5.78 Å². The molecule has 0 N–H and O–H groups in total. The van der Waals surface area contributed by atoms with E-state index in [-0.39, 0.29) is 12.4 Å². The smallest absolute Gasteiger partial charge is 0.340 e. The van der Waals surface area contributed by atoms with Crippen LogP contribution in [0.25, 0.3) is 5.65 Å². The summed E-state index contributed by atoms with van der Waals surface area (Å²) >= 11 is 0. The lowest BCUT2D eigenvalue weighted by Gasteiger charge is -2.09. The Bertz CT molecular complexity index is 1020. The summed E-state index contributed by atoms with van der Waals surface area (Å²) in [6.45, 7) is 6.78. The van der Waals surface area contributed by atoms with Crippen molar-refractivity contribution < 1.29 is 19.1 Å². The average Bonchev–Trinajstić information content (AvgIpc) is 3.20. The minimum absolute atomic E-state index is 0.221. The van der Waals surface area contributed by atoms with Gasteiger partial charge in [0.25, 0.3) is 0 Å². The van der Waals surface area contributed by atoms with Crippen molar-refractivity contribution in [2.24, 2.45) is 0 Å². The maximum absolute atomic E-state index is 12.6. The molecule has 0 saturated heterocycles. The molecule has 0 aliphatic carbocycles. The summed E-state index contributed by atoms with van der Waals surface area (Å²) in [7, 11) is 1.67. The van der Waals surface area contributed by atoms with Crippen LogP contribution in [0.4, 0.5) is 0 Å². The van der Waals surface area contributed by atoms with Gasteiger partial charge in [-0.1, -0.05) is 0 Å². The van der Waals surface area contributed by atoms with Gasteiger partial charge in [-0.3, -0.25) is 9.20 Å². The van der Waals surface area contributed by atoms with E-state index in [0.29, 0.717) is 29.2 Å². The molecule has 0 fully saturated rings. The van der Waals surface area contributed by atoms with Gasteiger partial charge >= 0.3 is 5.97 Å². The van der Waals surface area contributed by atoms with Crippen LogP contribution >= 0.6 is 0 Å². The first kappa shape index (κ1) is 19.8. The number of hydrogen-bond donors (Lipinski definition) is 0. The number of esters is 1. The summed E-state index contributed by atoms with van der Waals surface area (Å²) in [5.41, 5.74) is 3.43. The van der Waals surface area contributed by atoms with Gasteiger partial charge in [0.1, 0.15) is 5.82 Å². The summed E-state index contributed by atoms with van der Waals surface area (Å²) in [5, 5.41) is 7.93. The zero-order valence-corrected chi connectivity index (χ0v) is 16.6. The number of carbonyl (C=O) groups is 2. The number of nitrogens with zero attached hydrogens (tertiary/aromatic N) is 4. The fourth-order valence-electron chi connectivity index (χ4n) is 3.21. The molecule has 0 bridgehead atoms. The second-order valence-corrected chi connectivity index (χ2v) is 6.68. The van der Waals surface area contributed by atoms with Gasteiger partial charge in [0.15, 0.2) is 12.3 Å². The monoisotopic (exact) mass is 384 g/mol. The van der Waals surface area contributed by atoms with Crippen molar-refractivity contribution in [2.45, 2.75) is 33.7 Å². The molecule has 0 aliphatic heterocycles.